The monoisotopic (exact) mass is 584 g/mol. The molecule has 216 valence electrons. The van der Waals surface area contributed by atoms with E-state index in [4.69, 9.17) is 14.5 Å². The molecule has 0 aliphatic rings. The van der Waals surface area contributed by atoms with Crippen LogP contribution < -0.4 is 10.1 Å². The van der Waals surface area contributed by atoms with Crippen LogP contribution in [0.25, 0.3) is 22.3 Å². The van der Waals surface area contributed by atoms with Gasteiger partial charge in [-0.05, 0) is 41.9 Å². The summed E-state index contributed by atoms with van der Waals surface area (Å²) >= 11 is 0. The molecule has 5 aromatic rings. The second-order valence-corrected chi connectivity index (χ2v) is 16.7. The second-order valence-electron chi connectivity index (χ2n) is 11.1. The highest BCUT2D eigenvalue weighted by Gasteiger charge is 2.18. The molecule has 0 bridgehead atoms. The van der Waals surface area contributed by atoms with E-state index in [2.05, 4.69) is 41.6 Å². The maximum atomic E-state index is 13.3. The van der Waals surface area contributed by atoms with Gasteiger partial charge in [0.1, 0.15) is 23.8 Å². The van der Waals surface area contributed by atoms with Crippen LogP contribution in [0.3, 0.4) is 0 Å². The molecule has 0 saturated carbocycles. The maximum Gasteiger partial charge on any atom is 0.247 e. The number of carbonyl (C=O) groups excluding carboxylic acids is 1. The van der Waals surface area contributed by atoms with Gasteiger partial charge >= 0.3 is 0 Å². The summed E-state index contributed by atoms with van der Waals surface area (Å²) < 4.78 is 29.2. The summed E-state index contributed by atoms with van der Waals surface area (Å²) in [6.07, 6.45) is 8.44. The molecule has 0 fully saturated rings. The summed E-state index contributed by atoms with van der Waals surface area (Å²) in [7, 11) is -1.23. The normalized spacial score (nSPS) is 11.5. The van der Waals surface area contributed by atoms with Gasteiger partial charge in [0.25, 0.3) is 0 Å². The Labute approximate surface area is 244 Å². The van der Waals surface area contributed by atoms with Crippen molar-refractivity contribution < 1.29 is 18.7 Å². The lowest BCUT2D eigenvalue weighted by Crippen LogP contribution is -2.22. The van der Waals surface area contributed by atoms with E-state index in [0.29, 0.717) is 48.4 Å². The van der Waals surface area contributed by atoms with Gasteiger partial charge in [0.15, 0.2) is 5.65 Å². The summed E-state index contributed by atoms with van der Waals surface area (Å²) in [5.74, 6) is 0.205. The van der Waals surface area contributed by atoms with E-state index in [1.807, 2.05) is 17.0 Å². The topological polar surface area (TPSA) is 96.1 Å². The third kappa shape index (κ3) is 7.36. The second kappa shape index (κ2) is 12.5. The van der Waals surface area contributed by atoms with Gasteiger partial charge in [-0.15, -0.1) is 0 Å². The number of hydrogen-bond acceptors (Lipinski definition) is 6. The molecular weight excluding hydrogens is 551 g/mol. The Morgan fingerprint density at radius 1 is 1.12 bits per heavy atom. The molecule has 0 radical (unpaired) electrons. The number of aromatic nitrogens is 5. The van der Waals surface area contributed by atoms with Crippen LogP contribution in [0.5, 0.6) is 11.6 Å². The summed E-state index contributed by atoms with van der Waals surface area (Å²) in [5, 5.41) is 7.25. The van der Waals surface area contributed by atoms with Crippen LogP contribution in [0.4, 0.5) is 10.1 Å². The van der Waals surface area contributed by atoms with Crippen LogP contribution in [0.2, 0.25) is 25.7 Å². The Balaban J connectivity index is 1.44. The highest BCUT2D eigenvalue weighted by atomic mass is 28.3. The maximum absolute atomic E-state index is 13.3. The van der Waals surface area contributed by atoms with Crippen molar-refractivity contribution in [3.8, 4) is 22.8 Å². The first-order chi connectivity index (χ1) is 20.2. The minimum absolute atomic E-state index is 0.274. The summed E-state index contributed by atoms with van der Waals surface area (Å²) in [4.78, 5) is 21.2. The van der Waals surface area contributed by atoms with Crippen molar-refractivity contribution in [3.05, 3.63) is 97.4 Å². The van der Waals surface area contributed by atoms with Crippen LogP contribution in [-0.2, 0) is 22.8 Å². The Morgan fingerprint density at radius 2 is 1.93 bits per heavy atom. The van der Waals surface area contributed by atoms with E-state index in [-0.39, 0.29) is 11.7 Å². The Bertz CT molecular complexity index is 1710. The fourth-order valence-electron chi connectivity index (χ4n) is 4.25. The van der Waals surface area contributed by atoms with Gasteiger partial charge in [0.2, 0.25) is 11.8 Å². The van der Waals surface area contributed by atoms with Crippen molar-refractivity contribution >= 4 is 30.8 Å². The number of hydrogen-bond donors (Lipinski definition) is 1. The van der Waals surface area contributed by atoms with Gasteiger partial charge in [-0.3, -0.25) is 9.48 Å². The average molecular weight is 585 g/mol. The van der Waals surface area contributed by atoms with Crippen LogP contribution in [0.1, 0.15) is 5.56 Å². The fraction of sp³-hybridized carbons (Fsp3) is 0.226. The van der Waals surface area contributed by atoms with E-state index in [1.165, 1.54) is 18.2 Å². The number of anilines is 1. The van der Waals surface area contributed by atoms with Crippen molar-refractivity contribution in [2.75, 3.05) is 11.9 Å². The number of rotatable bonds is 12. The van der Waals surface area contributed by atoms with E-state index in [1.54, 1.807) is 53.5 Å². The Morgan fingerprint density at radius 3 is 2.69 bits per heavy atom. The van der Waals surface area contributed by atoms with Crippen LogP contribution in [0.15, 0.2) is 86.0 Å². The highest BCUT2D eigenvalue weighted by molar-refractivity contribution is 6.76. The predicted octanol–water partition coefficient (Wildman–Crippen LogP) is 6.71. The standard InChI is InChI=1S/C31H33FN6O3Si/c1-5-28(39)35-25-7-6-8-26(15-25)41-29-17-33-31-30(36-29)27(20-37(31)21-40-13-14-42(2,3)4)23-16-34-38(19-23)18-22-9-11-24(32)12-10-22/h5-12,15-17,19-20H,1,13-14,18,21H2,2-4H3,(H,35,39). The number of halogens is 1. The third-order valence-electron chi connectivity index (χ3n) is 6.48. The first-order valence-electron chi connectivity index (χ1n) is 13.6. The van der Waals surface area contributed by atoms with Crippen molar-refractivity contribution in [3.63, 3.8) is 0 Å². The van der Waals surface area contributed by atoms with Crippen molar-refractivity contribution in [1.29, 1.82) is 0 Å². The SMILES string of the molecule is C=CC(=O)Nc1cccc(Oc2cnc3c(n2)c(-c2cnn(Cc4ccc(F)cc4)c2)cn3COCC[Si](C)(C)C)c1. The molecular formula is C31H33FN6O3Si. The van der Waals surface area contributed by atoms with Gasteiger partial charge in [-0.25, -0.2) is 14.4 Å². The molecule has 9 nitrogen and oxygen atoms in total. The minimum Gasteiger partial charge on any atom is -0.437 e. The molecule has 1 N–H and O–H groups in total. The molecule has 0 atom stereocenters. The lowest BCUT2D eigenvalue weighted by atomic mass is 10.2. The van der Waals surface area contributed by atoms with Crippen molar-refractivity contribution in [1.82, 2.24) is 24.3 Å². The number of ether oxygens (including phenoxy) is 2. The van der Waals surface area contributed by atoms with Crippen LogP contribution in [0, 0.1) is 5.82 Å². The van der Waals surface area contributed by atoms with Gasteiger partial charge in [-0.1, -0.05) is 44.4 Å². The number of fused-ring (bicyclic) bond motifs is 1. The van der Waals surface area contributed by atoms with Crippen molar-refractivity contribution in [2.45, 2.75) is 39.0 Å². The van der Waals surface area contributed by atoms with Crippen LogP contribution in [-0.4, -0.2) is 44.9 Å². The van der Waals surface area contributed by atoms with Gasteiger partial charge in [0, 0.05) is 50.0 Å². The smallest absolute Gasteiger partial charge is 0.247 e. The fourth-order valence-corrected chi connectivity index (χ4v) is 5.01. The zero-order chi connectivity index (χ0) is 29.7. The molecule has 0 spiro atoms. The number of nitrogens with one attached hydrogen (secondary N) is 1. The Hall–Kier alpha value is -4.61. The molecule has 3 heterocycles. The van der Waals surface area contributed by atoms with Gasteiger partial charge in [0.05, 0.1) is 18.9 Å². The van der Waals surface area contributed by atoms with E-state index >= 15 is 0 Å². The largest absolute Gasteiger partial charge is 0.437 e. The molecule has 0 saturated heterocycles. The van der Waals surface area contributed by atoms with Gasteiger partial charge in [-0.2, -0.15) is 5.10 Å². The molecule has 0 aliphatic carbocycles. The van der Waals surface area contributed by atoms with E-state index in [0.717, 1.165) is 22.7 Å². The quantitative estimate of drug-likeness (QED) is 0.0995. The summed E-state index contributed by atoms with van der Waals surface area (Å²) in [6.45, 7) is 11.9. The number of carbonyl (C=O) groups is 1. The summed E-state index contributed by atoms with van der Waals surface area (Å²) in [5.41, 5.74) is 4.48. The number of benzene rings is 2. The van der Waals surface area contributed by atoms with E-state index in [9.17, 15) is 9.18 Å². The Kier molecular flexibility index (Phi) is 8.60. The molecule has 1 amide bonds. The molecule has 42 heavy (non-hydrogen) atoms. The minimum atomic E-state index is -1.23. The predicted molar refractivity (Wildman–Crippen MR) is 164 cm³/mol. The van der Waals surface area contributed by atoms with Crippen LogP contribution >= 0.6 is 0 Å². The molecule has 5 rings (SSSR count). The van der Waals surface area contributed by atoms with Gasteiger partial charge < -0.3 is 19.4 Å². The van der Waals surface area contributed by atoms with E-state index < -0.39 is 8.07 Å². The molecule has 11 heteroatoms. The molecule has 3 aromatic heterocycles. The lowest BCUT2D eigenvalue weighted by Gasteiger charge is -2.15. The first-order valence-corrected chi connectivity index (χ1v) is 17.3. The molecule has 0 unspecified atom stereocenters. The van der Waals surface area contributed by atoms with Crippen molar-refractivity contribution in [2.24, 2.45) is 0 Å². The lowest BCUT2D eigenvalue weighted by molar-refractivity contribution is -0.111. The number of nitrogens with zero attached hydrogens (tertiary/aromatic N) is 5. The first kappa shape index (κ1) is 28.9. The highest BCUT2D eigenvalue weighted by Crippen LogP contribution is 2.31. The zero-order valence-electron chi connectivity index (χ0n) is 23.9. The zero-order valence-corrected chi connectivity index (χ0v) is 24.9. The molecule has 2 aromatic carbocycles. The number of amides is 1. The third-order valence-corrected chi connectivity index (χ3v) is 8.19. The molecule has 0 aliphatic heterocycles. The average Bonchev–Trinajstić information content (AvgIpc) is 3.56. The summed E-state index contributed by atoms with van der Waals surface area (Å²) in [6, 6.07) is 14.4.